The number of aromatic nitrogens is 3. The van der Waals surface area contributed by atoms with Crippen LogP contribution in [0, 0.1) is 0 Å². The van der Waals surface area contributed by atoms with Crippen molar-refractivity contribution < 1.29 is 0 Å². The molecule has 0 bridgehead atoms. The molecule has 180 valence electrons. The molecule has 5 aromatic rings. The molecule has 3 aromatic heterocycles. The second-order valence-corrected chi connectivity index (χ2v) is 9.72. The minimum atomic E-state index is -0.0842. The normalized spacial score (nSPS) is 14.2. The number of rotatable bonds is 6. The number of hydrogen-bond donors (Lipinski definition) is 0. The molecule has 0 amide bonds. The molecule has 4 nitrogen and oxygen atoms in total. The Morgan fingerprint density at radius 3 is 2.32 bits per heavy atom. The van der Waals surface area contributed by atoms with Gasteiger partial charge in [0.2, 0.25) is 0 Å². The fourth-order valence-electron chi connectivity index (χ4n) is 5.42. The summed E-state index contributed by atoms with van der Waals surface area (Å²) in [6.07, 6.45) is 6.14. The molecular formula is C32H29BN4. The van der Waals surface area contributed by atoms with Gasteiger partial charge in [0.1, 0.15) is 6.04 Å². The van der Waals surface area contributed by atoms with Gasteiger partial charge < -0.3 is 4.57 Å². The summed E-state index contributed by atoms with van der Waals surface area (Å²) in [7, 11) is 1.02. The van der Waals surface area contributed by atoms with Crippen LogP contribution in [-0.2, 0) is 0 Å². The summed E-state index contributed by atoms with van der Waals surface area (Å²) in [5, 5.41) is 0. The lowest BCUT2D eigenvalue weighted by Crippen LogP contribution is -2.13. The molecular weight excluding hydrogens is 451 g/mol. The lowest BCUT2D eigenvalue weighted by Gasteiger charge is -2.20. The first-order valence-corrected chi connectivity index (χ1v) is 12.9. The molecule has 0 radical (unpaired) electrons. The van der Waals surface area contributed by atoms with E-state index in [2.05, 4.69) is 109 Å². The van der Waals surface area contributed by atoms with Crippen molar-refractivity contribution in [2.75, 3.05) is 6.54 Å². The van der Waals surface area contributed by atoms with Gasteiger partial charge in [0.25, 0.3) is 0 Å². The van der Waals surface area contributed by atoms with Crippen LogP contribution in [-0.4, -0.2) is 34.1 Å². The fourth-order valence-corrected chi connectivity index (χ4v) is 5.42. The van der Waals surface area contributed by atoms with Crippen LogP contribution in [0.1, 0.15) is 36.7 Å². The van der Waals surface area contributed by atoms with Gasteiger partial charge in [0.15, 0.2) is 7.28 Å². The largest absolute Gasteiger partial charge is 0.332 e. The summed E-state index contributed by atoms with van der Waals surface area (Å²) < 4.78 is 2.35. The predicted molar refractivity (Wildman–Crippen MR) is 156 cm³/mol. The average molecular weight is 480 g/mol. The van der Waals surface area contributed by atoms with Crippen molar-refractivity contribution in [3.63, 3.8) is 0 Å². The fraction of sp³-hybridized carbons (Fsp3) is 0.156. The third-order valence-electron chi connectivity index (χ3n) is 7.33. The van der Waals surface area contributed by atoms with Crippen molar-refractivity contribution in [1.29, 1.82) is 0 Å². The van der Waals surface area contributed by atoms with Crippen molar-refractivity contribution in [2.45, 2.75) is 26.7 Å². The Kier molecular flexibility index (Phi) is 6.05. The highest BCUT2D eigenvalue weighted by atomic mass is 15.0. The van der Waals surface area contributed by atoms with Crippen molar-refractivity contribution in [3.8, 4) is 11.1 Å². The van der Waals surface area contributed by atoms with Crippen LogP contribution in [0.4, 0.5) is 0 Å². The lowest BCUT2D eigenvalue weighted by atomic mass is 9.73. The molecule has 0 saturated carbocycles. The van der Waals surface area contributed by atoms with E-state index in [9.17, 15) is 0 Å². The van der Waals surface area contributed by atoms with Crippen molar-refractivity contribution in [1.82, 2.24) is 14.5 Å². The first kappa shape index (κ1) is 23.2. The molecule has 0 spiro atoms. The number of hydrogen-bond acceptors (Lipinski definition) is 3. The summed E-state index contributed by atoms with van der Waals surface area (Å²) >= 11 is 0. The van der Waals surface area contributed by atoms with E-state index >= 15 is 0 Å². The molecule has 0 N–H and O–H groups in total. The zero-order valence-corrected chi connectivity index (χ0v) is 21.5. The highest BCUT2D eigenvalue weighted by molar-refractivity contribution is 6.51. The van der Waals surface area contributed by atoms with E-state index in [4.69, 9.17) is 9.97 Å². The van der Waals surface area contributed by atoms with Gasteiger partial charge in [0.05, 0.1) is 23.3 Å². The standard InChI is InChI=1S/C32H29BN4/c1-21-18-35-22(2)30(21)25-17-29-31(36-19-25)27(23-12-14-26(33-3)15-13-23)20-37(29)32(24-9-5-4-6-10-24)28-11-7-8-16-34-28/h4-17,19-20,32-33H,18H2,1-3H3/t32-/m0/s1. The van der Waals surface area contributed by atoms with Crippen LogP contribution in [0.3, 0.4) is 0 Å². The number of aliphatic imine (C=N–C) groups is 1. The van der Waals surface area contributed by atoms with Crippen LogP contribution in [0.15, 0.2) is 108 Å². The van der Waals surface area contributed by atoms with Crippen molar-refractivity contribution >= 4 is 35.1 Å². The molecule has 4 heterocycles. The number of pyridine rings is 2. The molecule has 1 aliphatic heterocycles. The van der Waals surface area contributed by atoms with E-state index in [1.165, 1.54) is 27.7 Å². The van der Waals surface area contributed by atoms with Gasteiger partial charge >= 0.3 is 0 Å². The Morgan fingerprint density at radius 1 is 0.865 bits per heavy atom. The van der Waals surface area contributed by atoms with Crippen LogP contribution in [0.5, 0.6) is 0 Å². The SMILES string of the molecule is CBc1ccc(-c2cn([C@@H](c3ccccc3)c3ccccn3)c3cc(C4=C(C)CN=C4C)cnc23)cc1. The Balaban J connectivity index is 1.63. The molecule has 0 unspecified atom stereocenters. The predicted octanol–water partition coefficient (Wildman–Crippen LogP) is 6.09. The molecule has 5 heteroatoms. The Morgan fingerprint density at radius 2 is 1.65 bits per heavy atom. The lowest BCUT2D eigenvalue weighted by molar-refractivity contribution is 0.683. The Labute approximate surface area is 218 Å². The third-order valence-corrected chi connectivity index (χ3v) is 7.33. The second kappa shape index (κ2) is 9.66. The summed E-state index contributed by atoms with van der Waals surface area (Å²) in [5.41, 5.74) is 12.6. The minimum absolute atomic E-state index is 0.0842. The van der Waals surface area contributed by atoms with Gasteiger partial charge in [-0.25, -0.2) is 0 Å². The topological polar surface area (TPSA) is 43.1 Å². The van der Waals surface area contributed by atoms with Crippen LogP contribution in [0.2, 0.25) is 6.82 Å². The van der Waals surface area contributed by atoms with Gasteiger partial charge in [-0.1, -0.05) is 72.9 Å². The monoisotopic (exact) mass is 480 g/mol. The van der Waals surface area contributed by atoms with E-state index in [-0.39, 0.29) is 6.04 Å². The summed E-state index contributed by atoms with van der Waals surface area (Å²) in [5.74, 6) is 0. The van der Waals surface area contributed by atoms with Crippen LogP contribution in [0.25, 0.3) is 27.7 Å². The number of benzene rings is 2. The molecule has 0 fully saturated rings. The molecule has 1 aliphatic rings. The van der Waals surface area contributed by atoms with E-state index in [1.807, 2.05) is 18.5 Å². The third kappa shape index (κ3) is 4.21. The summed E-state index contributed by atoms with van der Waals surface area (Å²) in [6.45, 7) is 7.21. The highest BCUT2D eigenvalue weighted by Gasteiger charge is 2.24. The smallest absolute Gasteiger partial charge is 0.154 e. The number of nitrogens with zero attached hydrogens (tertiary/aromatic N) is 4. The molecule has 0 saturated heterocycles. The van der Waals surface area contributed by atoms with Crippen molar-refractivity contribution in [2.24, 2.45) is 4.99 Å². The van der Waals surface area contributed by atoms with E-state index in [1.54, 1.807) is 0 Å². The Bertz CT molecular complexity index is 1590. The van der Waals surface area contributed by atoms with E-state index in [0.717, 1.165) is 47.4 Å². The molecule has 1 atom stereocenters. The zero-order chi connectivity index (χ0) is 25.4. The van der Waals surface area contributed by atoms with Crippen LogP contribution < -0.4 is 5.46 Å². The van der Waals surface area contributed by atoms with Gasteiger partial charge in [-0.05, 0) is 48.7 Å². The molecule has 2 aromatic carbocycles. The quantitative estimate of drug-likeness (QED) is 0.276. The van der Waals surface area contributed by atoms with Gasteiger partial charge in [0, 0.05) is 41.0 Å². The zero-order valence-electron chi connectivity index (χ0n) is 21.5. The van der Waals surface area contributed by atoms with Gasteiger partial charge in [-0.15, -0.1) is 0 Å². The van der Waals surface area contributed by atoms with E-state index < -0.39 is 0 Å². The number of allylic oxidation sites excluding steroid dienone is 1. The van der Waals surface area contributed by atoms with Crippen LogP contribution >= 0.6 is 0 Å². The first-order chi connectivity index (χ1) is 18.1. The Hall–Kier alpha value is -4.25. The van der Waals surface area contributed by atoms with Crippen molar-refractivity contribution in [3.05, 3.63) is 120 Å². The maximum atomic E-state index is 5.07. The van der Waals surface area contributed by atoms with Gasteiger partial charge in [-0.3, -0.25) is 15.0 Å². The summed E-state index contributed by atoms with van der Waals surface area (Å²) in [4.78, 5) is 14.5. The average Bonchev–Trinajstić information content (AvgIpc) is 3.49. The summed E-state index contributed by atoms with van der Waals surface area (Å²) in [6, 6.07) is 27.8. The van der Waals surface area contributed by atoms with E-state index in [0.29, 0.717) is 0 Å². The highest BCUT2D eigenvalue weighted by Crippen LogP contribution is 2.37. The maximum absolute atomic E-state index is 5.07. The first-order valence-electron chi connectivity index (χ1n) is 12.9. The second-order valence-electron chi connectivity index (χ2n) is 9.72. The maximum Gasteiger partial charge on any atom is 0.154 e. The molecule has 6 rings (SSSR count). The minimum Gasteiger partial charge on any atom is -0.332 e. The van der Waals surface area contributed by atoms with Gasteiger partial charge in [-0.2, -0.15) is 0 Å². The number of fused-ring (bicyclic) bond motifs is 1. The molecule has 37 heavy (non-hydrogen) atoms. The molecule has 0 aliphatic carbocycles.